The van der Waals surface area contributed by atoms with Crippen LogP contribution in [0, 0.1) is 0 Å². The molecule has 0 spiro atoms. The van der Waals surface area contributed by atoms with Crippen LogP contribution in [0.25, 0.3) is 0 Å². The van der Waals surface area contributed by atoms with Crippen LogP contribution in [0.15, 0.2) is 59.5 Å². The fraction of sp³-hybridized carbons (Fsp3) is 0.188. The Morgan fingerprint density at radius 3 is 2.45 bits per heavy atom. The molecule has 2 aromatic carbocycles. The monoisotopic (exact) mass is 318 g/mol. The molecule has 0 aliphatic heterocycles. The van der Waals surface area contributed by atoms with Crippen molar-refractivity contribution in [3.05, 3.63) is 65.7 Å². The molecule has 6 heteroatoms. The van der Waals surface area contributed by atoms with Crippen LogP contribution in [0.1, 0.15) is 15.9 Å². The second kappa shape index (κ2) is 7.20. The third kappa shape index (κ3) is 4.16. The van der Waals surface area contributed by atoms with Gasteiger partial charge in [0.2, 0.25) is 10.0 Å². The highest BCUT2D eigenvalue weighted by atomic mass is 32.2. The molecule has 0 heterocycles. The van der Waals surface area contributed by atoms with Gasteiger partial charge in [0, 0.05) is 19.2 Å². The van der Waals surface area contributed by atoms with E-state index in [1.165, 1.54) is 0 Å². The lowest BCUT2D eigenvalue weighted by Crippen LogP contribution is -2.26. The normalized spacial score (nSPS) is 11.1. The zero-order valence-electron chi connectivity index (χ0n) is 12.2. The van der Waals surface area contributed by atoms with Gasteiger partial charge in [0.25, 0.3) is 5.91 Å². The molecule has 0 radical (unpaired) electrons. The van der Waals surface area contributed by atoms with E-state index in [1.807, 2.05) is 6.07 Å². The van der Waals surface area contributed by atoms with Gasteiger partial charge in [-0.2, -0.15) is 0 Å². The van der Waals surface area contributed by atoms with Crippen LogP contribution in [0.2, 0.25) is 0 Å². The predicted octanol–water partition coefficient (Wildman–Crippen LogP) is 1.57. The average Bonchev–Trinajstić information content (AvgIpc) is 2.55. The summed E-state index contributed by atoms with van der Waals surface area (Å²) >= 11 is 0. The Balaban J connectivity index is 1.98. The maximum Gasteiger partial charge on any atom is 0.251 e. The van der Waals surface area contributed by atoms with E-state index < -0.39 is 10.0 Å². The van der Waals surface area contributed by atoms with Crippen molar-refractivity contribution in [3.8, 4) is 0 Å². The standard InChI is InChI=1S/C16H18N2O3S/c1-17-16(19)14-7-5-6-13(12-14)10-11-18-22(20,21)15-8-3-2-4-9-15/h2-9,12,18H,10-11H2,1H3,(H,17,19). The first kappa shape index (κ1) is 16.2. The molecule has 0 unspecified atom stereocenters. The fourth-order valence-electron chi connectivity index (χ4n) is 2.03. The van der Waals surface area contributed by atoms with Crippen molar-refractivity contribution in [2.75, 3.05) is 13.6 Å². The van der Waals surface area contributed by atoms with Gasteiger partial charge in [-0.15, -0.1) is 0 Å². The van der Waals surface area contributed by atoms with Crippen molar-refractivity contribution < 1.29 is 13.2 Å². The smallest absolute Gasteiger partial charge is 0.251 e. The molecule has 0 aliphatic rings. The summed E-state index contributed by atoms with van der Waals surface area (Å²) in [5.74, 6) is -0.160. The van der Waals surface area contributed by atoms with Gasteiger partial charge in [-0.3, -0.25) is 4.79 Å². The van der Waals surface area contributed by atoms with E-state index in [1.54, 1.807) is 55.6 Å². The van der Waals surface area contributed by atoms with Gasteiger partial charge in [0.15, 0.2) is 0 Å². The summed E-state index contributed by atoms with van der Waals surface area (Å²) < 4.78 is 26.7. The first-order valence-electron chi connectivity index (χ1n) is 6.88. The Morgan fingerprint density at radius 2 is 1.77 bits per heavy atom. The quantitative estimate of drug-likeness (QED) is 0.849. The molecule has 116 valence electrons. The van der Waals surface area contributed by atoms with Crippen molar-refractivity contribution in [2.45, 2.75) is 11.3 Å². The lowest BCUT2D eigenvalue weighted by atomic mass is 10.1. The zero-order chi connectivity index (χ0) is 16.0. The predicted molar refractivity (Wildman–Crippen MR) is 85.2 cm³/mol. The molecule has 0 saturated carbocycles. The summed E-state index contributed by atoms with van der Waals surface area (Å²) in [6.45, 7) is 0.272. The van der Waals surface area contributed by atoms with Gasteiger partial charge in [0.1, 0.15) is 0 Å². The van der Waals surface area contributed by atoms with E-state index in [9.17, 15) is 13.2 Å². The van der Waals surface area contributed by atoms with Crippen LogP contribution in [0.3, 0.4) is 0 Å². The highest BCUT2D eigenvalue weighted by Gasteiger charge is 2.12. The lowest BCUT2D eigenvalue weighted by molar-refractivity contribution is 0.0963. The summed E-state index contributed by atoms with van der Waals surface area (Å²) in [6.07, 6.45) is 0.511. The number of hydrogen-bond donors (Lipinski definition) is 2. The van der Waals surface area contributed by atoms with Crippen LogP contribution in [0.5, 0.6) is 0 Å². The molecular weight excluding hydrogens is 300 g/mol. The van der Waals surface area contributed by atoms with Crippen molar-refractivity contribution in [2.24, 2.45) is 0 Å². The van der Waals surface area contributed by atoms with Crippen molar-refractivity contribution in [3.63, 3.8) is 0 Å². The molecule has 0 bridgehead atoms. The molecule has 0 aromatic heterocycles. The van der Waals surface area contributed by atoms with Crippen LogP contribution >= 0.6 is 0 Å². The second-order valence-corrected chi connectivity index (χ2v) is 6.51. The first-order chi connectivity index (χ1) is 10.5. The average molecular weight is 318 g/mol. The van der Waals surface area contributed by atoms with Gasteiger partial charge >= 0.3 is 0 Å². The van der Waals surface area contributed by atoms with Gasteiger partial charge < -0.3 is 5.32 Å². The lowest BCUT2D eigenvalue weighted by Gasteiger charge is -2.07. The molecule has 2 N–H and O–H groups in total. The van der Waals surface area contributed by atoms with Crippen molar-refractivity contribution in [1.29, 1.82) is 0 Å². The summed E-state index contributed by atoms with van der Waals surface area (Å²) in [6, 6.07) is 15.4. The number of carbonyl (C=O) groups excluding carboxylic acids is 1. The van der Waals surface area contributed by atoms with Gasteiger partial charge in [-0.1, -0.05) is 30.3 Å². The third-order valence-corrected chi connectivity index (χ3v) is 4.65. The molecule has 1 amide bonds. The second-order valence-electron chi connectivity index (χ2n) is 4.74. The molecule has 0 aliphatic carbocycles. The molecule has 22 heavy (non-hydrogen) atoms. The van der Waals surface area contributed by atoms with Gasteiger partial charge in [0.05, 0.1) is 4.90 Å². The number of hydrogen-bond acceptors (Lipinski definition) is 3. The summed E-state index contributed by atoms with van der Waals surface area (Å²) in [5, 5.41) is 2.56. The largest absolute Gasteiger partial charge is 0.355 e. The van der Waals surface area contributed by atoms with E-state index in [2.05, 4.69) is 10.0 Å². The third-order valence-electron chi connectivity index (χ3n) is 3.18. The first-order valence-corrected chi connectivity index (χ1v) is 8.37. The minimum Gasteiger partial charge on any atom is -0.355 e. The van der Waals surface area contributed by atoms with Crippen LogP contribution in [0.4, 0.5) is 0 Å². The molecule has 2 rings (SSSR count). The Bertz CT molecular complexity index is 743. The Morgan fingerprint density at radius 1 is 1.05 bits per heavy atom. The summed E-state index contributed by atoms with van der Waals surface area (Å²) in [5.41, 5.74) is 1.46. The van der Waals surface area contributed by atoms with E-state index >= 15 is 0 Å². The molecule has 0 atom stereocenters. The van der Waals surface area contributed by atoms with Crippen LogP contribution in [-0.2, 0) is 16.4 Å². The highest BCUT2D eigenvalue weighted by molar-refractivity contribution is 7.89. The maximum atomic E-state index is 12.1. The van der Waals surface area contributed by atoms with Gasteiger partial charge in [-0.05, 0) is 36.2 Å². The Labute approximate surface area is 130 Å². The van der Waals surface area contributed by atoms with Crippen molar-refractivity contribution >= 4 is 15.9 Å². The summed E-state index contributed by atoms with van der Waals surface area (Å²) in [4.78, 5) is 11.8. The molecular formula is C16H18N2O3S. The van der Waals surface area contributed by atoms with Crippen molar-refractivity contribution in [1.82, 2.24) is 10.0 Å². The SMILES string of the molecule is CNC(=O)c1cccc(CCNS(=O)(=O)c2ccccc2)c1. The number of carbonyl (C=O) groups is 1. The van der Waals surface area contributed by atoms with E-state index in [0.29, 0.717) is 12.0 Å². The highest BCUT2D eigenvalue weighted by Crippen LogP contribution is 2.09. The minimum atomic E-state index is -3.49. The van der Waals surface area contributed by atoms with Gasteiger partial charge in [-0.25, -0.2) is 13.1 Å². The Hall–Kier alpha value is -2.18. The van der Waals surface area contributed by atoms with E-state index in [0.717, 1.165) is 5.56 Å². The van der Waals surface area contributed by atoms with E-state index in [-0.39, 0.29) is 17.3 Å². The number of benzene rings is 2. The topological polar surface area (TPSA) is 75.3 Å². The summed E-state index contributed by atoms with van der Waals surface area (Å²) in [7, 11) is -1.92. The molecule has 0 fully saturated rings. The number of sulfonamides is 1. The van der Waals surface area contributed by atoms with Crippen LogP contribution in [-0.4, -0.2) is 27.9 Å². The number of nitrogens with one attached hydrogen (secondary N) is 2. The number of amides is 1. The Kier molecular flexibility index (Phi) is 5.30. The van der Waals surface area contributed by atoms with Crippen LogP contribution < -0.4 is 10.0 Å². The number of rotatable bonds is 6. The molecule has 0 saturated heterocycles. The molecule has 2 aromatic rings. The fourth-order valence-corrected chi connectivity index (χ4v) is 3.08. The van der Waals surface area contributed by atoms with E-state index in [4.69, 9.17) is 0 Å². The maximum absolute atomic E-state index is 12.1. The molecule has 5 nitrogen and oxygen atoms in total. The zero-order valence-corrected chi connectivity index (χ0v) is 13.1. The minimum absolute atomic E-state index is 0.160.